The van der Waals surface area contributed by atoms with Crippen LogP contribution in [0.2, 0.25) is 0 Å². The summed E-state index contributed by atoms with van der Waals surface area (Å²) in [5.74, 6) is -0.0500. The molecule has 2 rings (SSSR count). The molecule has 2 nitrogen and oxygen atoms in total. The Morgan fingerprint density at radius 1 is 1.32 bits per heavy atom. The molecule has 1 aliphatic heterocycles. The largest absolute Gasteiger partial charge is 0.301 e. The molecule has 3 heteroatoms. The molecule has 0 fully saturated rings. The van der Waals surface area contributed by atoms with Gasteiger partial charge in [-0.2, -0.15) is 0 Å². The summed E-state index contributed by atoms with van der Waals surface area (Å²) < 4.78 is 0. The molecule has 1 aromatic rings. The number of nitrogens with zero attached hydrogens (tertiary/aromatic N) is 1. The van der Waals surface area contributed by atoms with Crippen molar-refractivity contribution >= 4 is 28.8 Å². The molecule has 1 aromatic carbocycles. The van der Waals surface area contributed by atoms with Gasteiger partial charge in [0.25, 0.3) is 0 Å². The van der Waals surface area contributed by atoms with Crippen LogP contribution in [-0.4, -0.2) is 16.8 Å². The minimum atomic E-state index is -0.529. The van der Waals surface area contributed by atoms with Gasteiger partial charge in [-0.3, -0.25) is 4.79 Å². The first-order valence-corrected chi connectivity index (χ1v) is 6.97. The van der Waals surface area contributed by atoms with Crippen molar-refractivity contribution < 1.29 is 4.79 Å². The normalized spacial score (nSPS) is 18.6. The van der Waals surface area contributed by atoms with E-state index in [0.29, 0.717) is 0 Å². The Labute approximate surface area is 120 Å². The number of fused-ring (bicyclic) bond motifs is 1. The third kappa shape index (κ3) is 2.30. The van der Waals surface area contributed by atoms with E-state index in [1.54, 1.807) is 6.92 Å². The Bertz CT molecular complexity index is 558. The zero-order valence-corrected chi connectivity index (χ0v) is 12.9. The fourth-order valence-electron chi connectivity index (χ4n) is 2.81. The van der Waals surface area contributed by atoms with Gasteiger partial charge in [0.2, 0.25) is 5.91 Å². The smallest absolute Gasteiger partial charge is 0.245 e. The highest BCUT2D eigenvalue weighted by Gasteiger charge is 2.37. The molecule has 0 N–H and O–H groups in total. The Balaban J connectivity index is 2.70. The van der Waals surface area contributed by atoms with Crippen molar-refractivity contribution in [1.82, 2.24) is 0 Å². The SMILES string of the molecule is CC1=CC(C)(C)N(C(=O)[C@@H](C)Cl)c2c(C)cccc21. The van der Waals surface area contributed by atoms with Gasteiger partial charge in [-0.1, -0.05) is 24.3 Å². The van der Waals surface area contributed by atoms with Crippen molar-refractivity contribution in [2.75, 3.05) is 4.90 Å². The van der Waals surface area contributed by atoms with Crippen molar-refractivity contribution in [1.29, 1.82) is 0 Å². The van der Waals surface area contributed by atoms with E-state index in [1.165, 1.54) is 5.57 Å². The van der Waals surface area contributed by atoms with Gasteiger partial charge in [-0.05, 0) is 45.8 Å². The highest BCUT2D eigenvalue weighted by atomic mass is 35.5. The first kappa shape index (κ1) is 14.1. The number of hydrogen-bond acceptors (Lipinski definition) is 1. The molecule has 1 atom stereocenters. The molecular formula is C16H20ClNO. The maximum atomic E-state index is 12.5. The number of rotatable bonds is 1. The fraction of sp³-hybridized carbons (Fsp3) is 0.438. The summed E-state index contributed by atoms with van der Waals surface area (Å²) in [7, 11) is 0. The summed E-state index contributed by atoms with van der Waals surface area (Å²) in [5, 5.41) is -0.529. The summed E-state index contributed by atoms with van der Waals surface area (Å²) in [6.45, 7) is 9.94. The lowest BCUT2D eigenvalue weighted by molar-refractivity contribution is -0.118. The van der Waals surface area contributed by atoms with Crippen molar-refractivity contribution in [3.8, 4) is 0 Å². The topological polar surface area (TPSA) is 20.3 Å². The third-order valence-corrected chi connectivity index (χ3v) is 3.78. The highest BCUT2D eigenvalue weighted by molar-refractivity contribution is 6.33. The number of carbonyl (C=O) groups excluding carboxylic acids is 1. The van der Waals surface area contributed by atoms with E-state index in [9.17, 15) is 4.79 Å². The Kier molecular flexibility index (Phi) is 3.48. The number of para-hydroxylation sites is 1. The van der Waals surface area contributed by atoms with Crippen LogP contribution >= 0.6 is 11.6 Å². The standard InChI is InChI=1S/C16H20ClNO/c1-10-7-6-8-13-11(2)9-16(4,5)18(14(10)13)15(19)12(3)17/h6-9,12H,1-5H3/t12-/m1/s1. The van der Waals surface area contributed by atoms with Crippen LogP contribution in [-0.2, 0) is 4.79 Å². The second kappa shape index (κ2) is 4.68. The highest BCUT2D eigenvalue weighted by Crippen LogP contribution is 2.41. The number of aryl methyl sites for hydroxylation is 1. The molecule has 1 heterocycles. The Morgan fingerprint density at radius 3 is 2.53 bits per heavy atom. The van der Waals surface area contributed by atoms with E-state index in [0.717, 1.165) is 16.8 Å². The van der Waals surface area contributed by atoms with Gasteiger partial charge in [0.15, 0.2) is 0 Å². The molecule has 0 saturated heterocycles. The van der Waals surface area contributed by atoms with Crippen molar-refractivity contribution in [3.63, 3.8) is 0 Å². The zero-order chi connectivity index (χ0) is 14.4. The summed E-state index contributed by atoms with van der Waals surface area (Å²) in [6, 6.07) is 6.12. The molecule has 0 unspecified atom stereocenters. The second-order valence-electron chi connectivity index (χ2n) is 5.74. The Hall–Kier alpha value is -1.28. The average Bonchev–Trinajstić information content (AvgIpc) is 2.29. The lowest BCUT2D eigenvalue weighted by atomic mass is 9.87. The molecule has 0 aromatic heterocycles. The van der Waals surface area contributed by atoms with Crippen LogP contribution in [0.4, 0.5) is 5.69 Å². The number of halogens is 1. The first-order valence-electron chi connectivity index (χ1n) is 6.53. The van der Waals surface area contributed by atoms with E-state index in [-0.39, 0.29) is 11.4 Å². The van der Waals surface area contributed by atoms with Gasteiger partial charge in [0.1, 0.15) is 5.38 Å². The van der Waals surface area contributed by atoms with E-state index in [4.69, 9.17) is 11.6 Å². The molecule has 0 aliphatic carbocycles. The number of alkyl halides is 1. The number of carbonyl (C=O) groups is 1. The number of amides is 1. The van der Waals surface area contributed by atoms with Gasteiger partial charge in [0, 0.05) is 5.56 Å². The average molecular weight is 278 g/mol. The second-order valence-corrected chi connectivity index (χ2v) is 6.40. The zero-order valence-electron chi connectivity index (χ0n) is 12.1. The number of benzene rings is 1. The fourth-order valence-corrected chi connectivity index (χ4v) is 2.90. The minimum absolute atomic E-state index is 0.0500. The van der Waals surface area contributed by atoms with Crippen molar-refractivity contribution in [2.24, 2.45) is 0 Å². The molecule has 19 heavy (non-hydrogen) atoms. The van der Waals surface area contributed by atoms with Gasteiger partial charge in [-0.25, -0.2) is 0 Å². The van der Waals surface area contributed by atoms with E-state index < -0.39 is 5.38 Å². The van der Waals surface area contributed by atoms with Crippen molar-refractivity contribution in [2.45, 2.75) is 45.5 Å². The monoisotopic (exact) mass is 277 g/mol. The molecule has 0 radical (unpaired) electrons. The van der Waals surface area contributed by atoms with Gasteiger partial charge >= 0.3 is 0 Å². The van der Waals surface area contributed by atoms with Gasteiger partial charge in [0.05, 0.1) is 11.2 Å². The maximum Gasteiger partial charge on any atom is 0.245 e. The van der Waals surface area contributed by atoms with Crippen LogP contribution in [0.1, 0.15) is 38.8 Å². The number of hydrogen-bond donors (Lipinski definition) is 0. The molecule has 0 saturated carbocycles. The summed E-state index contributed by atoms with van der Waals surface area (Å²) in [6.07, 6.45) is 2.13. The van der Waals surface area contributed by atoms with E-state index in [2.05, 4.69) is 19.1 Å². The summed E-state index contributed by atoms with van der Waals surface area (Å²) in [5.41, 5.74) is 4.05. The quantitative estimate of drug-likeness (QED) is 0.706. The maximum absolute atomic E-state index is 12.5. The van der Waals surface area contributed by atoms with Crippen LogP contribution < -0.4 is 4.90 Å². The predicted molar refractivity (Wildman–Crippen MR) is 81.7 cm³/mol. The van der Waals surface area contributed by atoms with Gasteiger partial charge < -0.3 is 4.90 Å². The molecular weight excluding hydrogens is 258 g/mol. The lowest BCUT2D eigenvalue weighted by Gasteiger charge is -2.43. The van der Waals surface area contributed by atoms with Crippen LogP contribution in [0.15, 0.2) is 24.3 Å². The Morgan fingerprint density at radius 2 is 1.95 bits per heavy atom. The third-order valence-electron chi connectivity index (χ3n) is 3.59. The molecule has 102 valence electrons. The minimum Gasteiger partial charge on any atom is -0.301 e. The lowest BCUT2D eigenvalue weighted by Crippen LogP contribution is -2.51. The van der Waals surface area contributed by atoms with Crippen LogP contribution in [0.5, 0.6) is 0 Å². The van der Waals surface area contributed by atoms with Crippen LogP contribution in [0, 0.1) is 6.92 Å². The molecule has 1 amide bonds. The van der Waals surface area contributed by atoms with Crippen LogP contribution in [0.25, 0.3) is 5.57 Å². The summed E-state index contributed by atoms with van der Waals surface area (Å²) in [4.78, 5) is 14.3. The first-order chi connectivity index (χ1) is 8.75. The van der Waals surface area contributed by atoms with E-state index in [1.807, 2.05) is 37.8 Å². The molecule has 0 spiro atoms. The predicted octanol–water partition coefficient (Wildman–Crippen LogP) is 4.15. The molecule has 1 aliphatic rings. The van der Waals surface area contributed by atoms with Crippen molar-refractivity contribution in [3.05, 3.63) is 35.4 Å². The summed E-state index contributed by atoms with van der Waals surface area (Å²) >= 11 is 6.03. The number of anilines is 1. The molecule has 0 bridgehead atoms. The number of allylic oxidation sites excluding steroid dienone is 1. The van der Waals surface area contributed by atoms with E-state index >= 15 is 0 Å². The van der Waals surface area contributed by atoms with Crippen LogP contribution in [0.3, 0.4) is 0 Å². The van der Waals surface area contributed by atoms with Gasteiger partial charge in [-0.15, -0.1) is 11.6 Å².